The van der Waals surface area contributed by atoms with Gasteiger partial charge in [0, 0.05) is 17.7 Å². The molecule has 0 fully saturated rings. The van der Waals surface area contributed by atoms with E-state index in [4.69, 9.17) is 27.9 Å². The number of halogens is 5. The molecular formula is C15H11Cl2F3NO5P. The first-order chi connectivity index (χ1) is 12.5. The Hall–Kier alpha value is -1.80. The Morgan fingerprint density at radius 3 is 2.19 bits per heavy atom. The predicted octanol–water partition coefficient (Wildman–Crippen LogP) is 5.37. The van der Waals surface area contributed by atoms with E-state index in [0.717, 1.165) is 12.1 Å². The smallest absolute Gasteiger partial charge is 0.416 e. The minimum atomic E-state index is -4.67. The number of rotatable bonds is 5. The van der Waals surface area contributed by atoms with E-state index in [-0.39, 0.29) is 23.5 Å². The highest BCUT2D eigenvalue weighted by Crippen LogP contribution is 2.43. The van der Waals surface area contributed by atoms with Gasteiger partial charge in [-0.1, -0.05) is 30.1 Å². The van der Waals surface area contributed by atoms with Gasteiger partial charge in [0.2, 0.25) is 8.03 Å². The third-order valence-electron chi connectivity index (χ3n) is 3.52. The first-order valence-electron chi connectivity index (χ1n) is 7.24. The zero-order chi connectivity index (χ0) is 20.5. The summed E-state index contributed by atoms with van der Waals surface area (Å²) >= 11 is 11.7. The van der Waals surface area contributed by atoms with Crippen LogP contribution in [0.1, 0.15) is 18.1 Å². The highest BCUT2D eigenvalue weighted by molar-refractivity contribution is 7.47. The Balaban J connectivity index is 2.59. The summed E-state index contributed by atoms with van der Waals surface area (Å²) in [6.45, 7) is 1.64. The summed E-state index contributed by atoms with van der Waals surface area (Å²) in [4.78, 5) is 19.6. The van der Waals surface area contributed by atoms with Crippen LogP contribution in [0.25, 0.3) is 0 Å². The summed E-state index contributed by atoms with van der Waals surface area (Å²) in [5, 5.41) is 9.75. The van der Waals surface area contributed by atoms with Gasteiger partial charge in [-0.2, -0.15) is 13.2 Å². The summed E-state index contributed by atoms with van der Waals surface area (Å²) in [6, 6.07) is 3.29. The Morgan fingerprint density at radius 1 is 1.22 bits per heavy atom. The van der Waals surface area contributed by atoms with Crippen molar-refractivity contribution < 1.29 is 32.3 Å². The highest BCUT2D eigenvalue weighted by atomic mass is 35.5. The minimum Gasteiger partial charge on any atom is -0.454 e. The predicted molar refractivity (Wildman–Crippen MR) is 94.9 cm³/mol. The third kappa shape index (κ3) is 4.73. The van der Waals surface area contributed by atoms with Crippen LogP contribution in [0, 0.1) is 10.1 Å². The van der Waals surface area contributed by atoms with Gasteiger partial charge < -0.3 is 9.63 Å². The summed E-state index contributed by atoms with van der Waals surface area (Å²) in [6.07, 6.45) is -4.43. The van der Waals surface area contributed by atoms with Gasteiger partial charge in [0.15, 0.2) is 5.75 Å². The molecule has 0 radical (unpaired) electrons. The average Bonchev–Trinajstić information content (AvgIpc) is 2.56. The van der Waals surface area contributed by atoms with Crippen molar-refractivity contribution in [1.82, 2.24) is 0 Å². The fraction of sp³-hybridized carbons (Fsp3) is 0.200. The van der Waals surface area contributed by atoms with E-state index in [1.165, 1.54) is 0 Å². The molecule has 12 heteroatoms. The number of alkyl halides is 3. The van der Waals surface area contributed by atoms with E-state index in [0.29, 0.717) is 12.1 Å². The standard InChI is InChI=1S/C15H11Cl2F3NO5P/c1-2-7-3-11(21(22)23)13(27(24)25)6-12(7)26-14-9(16)4-8(5-10(14)17)15(18,19)20/h3-6,27H,2H2,1H3,(H,24,25). The fourth-order valence-electron chi connectivity index (χ4n) is 2.24. The minimum absolute atomic E-state index is 0.0749. The molecular weight excluding hydrogens is 433 g/mol. The highest BCUT2D eigenvalue weighted by Gasteiger charge is 2.32. The number of ether oxygens (including phenoxy) is 1. The van der Waals surface area contributed by atoms with Gasteiger partial charge in [0.05, 0.1) is 20.5 Å². The Bertz CT molecular complexity index is 913. The molecule has 27 heavy (non-hydrogen) atoms. The number of benzene rings is 2. The number of hydrogen-bond donors (Lipinski definition) is 1. The number of nitro benzene ring substituents is 1. The second-order valence-electron chi connectivity index (χ2n) is 5.26. The lowest BCUT2D eigenvalue weighted by Crippen LogP contribution is -2.08. The second kappa shape index (κ2) is 8.06. The second-order valence-corrected chi connectivity index (χ2v) is 7.23. The van der Waals surface area contributed by atoms with Crippen molar-refractivity contribution in [2.75, 3.05) is 0 Å². The first-order valence-corrected chi connectivity index (χ1v) is 9.35. The van der Waals surface area contributed by atoms with E-state index in [1.807, 2.05) is 0 Å². The topological polar surface area (TPSA) is 89.7 Å². The van der Waals surface area contributed by atoms with Crippen LogP contribution in [0.3, 0.4) is 0 Å². The lowest BCUT2D eigenvalue weighted by molar-refractivity contribution is -0.383. The van der Waals surface area contributed by atoms with Crippen molar-refractivity contribution in [2.45, 2.75) is 19.5 Å². The number of hydrogen-bond acceptors (Lipinski definition) is 4. The van der Waals surface area contributed by atoms with Crippen molar-refractivity contribution in [2.24, 2.45) is 0 Å². The van der Waals surface area contributed by atoms with Crippen LogP contribution in [0.4, 0.5) is 18.9 Å². The van der Waals surface area contributed by atoms with Crippen molar-refractivity contribution >= 4 is 42.2 Å². The maximum Gasteiger partial charge on any atom is 0.416 e. The summed E-state index contributed by atoms with van der Waals surface area (Å²) in [5.41, 5.74) is -1.36. The molecule has 1 N–H and O–H groups in total. The summed E-state index contributed by atoms with van der Waals surface area (Å²) < 4.78 is 55.4. The van der Waals surface area contributed by atoms with Gasteiger partial charge in [0.25, 0.3) is 5.69 Å². The first kappa shape index (κ1) is 21.5. The molecule has 0 aliphatic heterocycles. The van der Waals surface area contributed by atoms with Crippen LogP contribution in [0.15, 0.2) is 24.3 Å². The Labute approximate surface area is 161 Å². The van der Waals surface area contributed by atoms with Gasteiger partial charge in [0.1, 0.15) is 11.1 Å². The van der Waals surface area contributed by atoms with Crippen molar-refractivity contribution in [3.05, 3.63) is 55.6 Å². The normalized spacial score (nSPS) is 12.7. The molecule has 0 amide bonds. The molecule has 6 nitrogen and oxygen atoms in total. The molecule has 0 heterocycles. The molecule has 0 saturated heterocycles. The SMILES string of the molecule is CCc1cc([N+](=O)[O-])c([PH](=O)O)cc1Oc1c(Cl)cc(C(F)(F)F)cc1Cl. The molecule has 0 aliphatic rings. The number of nitro groups is 1. The Kier molecular flexibility index (Phi) is 6.42. The van der Waals surface area contributed by atoms with Gasteiger partial charge in [-0.05, 0) is 18.6 Å². The van der Waals surface area contributed by atoms with Crippen LogP contribution < -0.4 is 10.0 Å². The molecule has 0 saturated carbocycles. The van der Waals surface area contributed by atoms with E-state index in [9.17, 15) is 32.7 Å². The van der Waals surface area contributed by atoms with Crippen LogP contribution in [0.5, 0.6) is 11.5 Å². The summed E-state index contributed by atoms with van der Waals surface area (Å²) in [7, 11) is -3.46. The van der Waals surface area contributed by atoms with Gasteiger partial charge in [-0.3, -0.25) is 14.7 Å². The Morgan fingerprint density at radius 2 is 1.78 bits per heavy atom. The number of nitrogens with zero attached hydrogens (tertiary/aromatic N) is 1. The van der Waals surface area contributed by atoms with Gasteiger partial charge in [-0.25, -0.2) is 0 Å². The van der Waals surface area contributed by atoms with Crippen LogP contribution in [-0.4, -0.2) is 9.82 Å². The zero-order valence-corrected chi connectivity index (χ0v) is 15.9. The van der Waals surface area contributed by atoms with E-state index >= 15 is 0 Å². The quantitative estimate of drug-likeness (QED) is 0.381. The molecule has 0 aromatic heterocycles. The molecule has 0 bridgehead atoms. The van der Waals surface area contributed by atoms with Crippen LogP contribution in [-0.2, 0) is 17.2 Å². The third-order valence-corrected chi connectivity index (χ3v) is 4.95. The lowest BCUT2D eigenvalue weighted by Gasteiger charge is -2.16. The van der Waals surface area contributed by atoms with E-state index in [1.54, 1.807) is 6.92 Å². The fourth-order valence-corrected chi connectivity index (χ4v) is 3.44. The molecule has 2 aromatic rings. The molecule has 0 spiro atoms. The van der Waals surface area contributed by atoms with Gasteiger partial charge >= 0.3 is 6.18 Å². The van der Waals surface area contributed by atoms with Crippen molar-refractivity contribution in [3.63, 3.8) is 0 Å². The van der Waals surface area contributed by atoms with Gasteiger partial charge in [-0.15, -0.1) is 0 Å². The van der Waals surface area contributed by atoms with Crippen LogP contribution >= 0.6 is 31.2 Å². The van der Waals surface area contributed by atoms with E-state index in [2.05, 4.69) is 0 Å². The molecule has 1 unspecified atom stereocenters. The zero-order valence-electron chi connectivity index (χ0n) is 13.4. The molecule has 146 valence electrons. The van der Waals surface area contributed by atoms with Crippen LogP contribution in [0.2, 0.25) is 10.0 Å². The molecule has 1 atom stereocenters. The maximum absolute atomic E-state index is 12.8. The largest absolute Gasteiger partial charge is 0.454 e. The molecule has 0 aliphatic carbocycles. The van der Waals surface area contributed by atoms with Crippen molar-refractivity contribution in [1.29, 1.82) is 0 Å². The molecule has 2 aromatic carbocycles. The number of aryl methyl sites for hydroxylation is 1. The average molecular weight is 444 g/mol. The molecule has 2 rings (SSSR count). The maximum atomic E-state index is 12.8. The lowest BCUT2D eigenvalue weighted by atomic mass is 10.1. The van der Waals surface area contributed by atoms with E-state index < -0.39 is 45.7 Å². The summed E-state index contributed by atoms with van der Waals surface area (Å²) in [5.74, 6) is -0.382. The monoisotopic (exact) mass is 443 g/mol. The van der Waals surface area contributed by atoms with Crippen molar-refractivity contribution in [3.8, 4) is 11.5 Å².